The molecule has 6 heteroatoms. The molecule has 0 fully saturated rings. The molecule has 0 saturated carbocycles. The van der Waals surface area contributed by atoms with Crippen LogP contribution in [-0.2, 0) is 22.4 Å². The van der Waals surface area contributed by atoms with E-state index in [0.29, 0.717) is 17.1 Å². The van der Waals surface area contributed by atoms with Crippen molar-refractivity contribution in [1.29, 1.82) is 0 Å². The van der Waals surface area contributed by atoms with Gasteiger partial charge in [0.1, 0.15) is 0 Å². The summed E-state index contributed by atoms with van der Waals surface area (Å²) in [6.07, 6.45) is 1.28. The van der Waals surface area contributed by atoms with E-state index in [9.17, 15) is 9.59 Å². The first-order chi connectivity index (χ1) is 12.1. The Labute approximate surface area is 149 Å². The minimum Gasteiger partial charge on any atom is -0.465 e. The van der Waals surface area contributed by atoms with Gasteiger partial charge in [-0.15, -0.1) is 0 Å². The summed E-state index contributed by atoms with van der Waals surface area (Å²) < 4.78 is 5.54. The zero-order chi connectivity index (χ0) is 17.8. The minimum atomic E-state index is -0.392. The summed E-state index contributed by atoms with van der Waals surface area (Å²) in [6, 6.07) is 13.1. The maximum absolute atomic E-state index is 12.2. The average Bonchev–Trinajstić information content (AvgIpc) is 3.02. The number of nitrogens with one attached hydrogen (secondary N) is 1. The van der Waals surface area contributed by atoms with E-state index in [1.165, 1.54) is 24.0 Å². The third-order valence-electron chi connectivity index (χ3n) is 3.85. The van der Waals surface area contributed by atoms with Crippen LogP contribution in [0.3, 0.4) is 0 Å². The smallest absolute Gasteiger partial charge is 0.337 e. The Morgan fingerprint density at radius 3 is 2.52 bits per heavy atom. The topological polar surface area (TPSA) is 68.3 Å². The van der Waals surface area contributed by atoms with Crippen LogP contribution in [0.2, 0.25) is 0 Å². The molecule has 0 saturated heterocycles. The lowest BCUT2D eigenvalue weighted by atomic mass is 10.1. The summed E-state index contributed by atoms with van der Waals surface area (Å²) in [6.45, 7) is 2.10. The zero-order valence-electron chi connectivity index (χ0n) is 14.0. The Hall–Kier alpha value is -2.73. The Morgan fingerprint density at radius 1 is 1.12 bits per heavy atom. The van der Waals surface area contributed by atoms with Gasteiger partial charge in [0, 0.05) is 0 Å². The SMILES string of the molecule is CCc1ccc(CC(=O)Nc2nc3ccc(C(=O)OC)cc3s2)cc1. The van der Waals surface area contributed by atoms with Crippen molar-refractivity contribution >= 4 is 38.6 Å². The lowest BCUT2D eigenvalue weighted by Gasteiger charge is -2.03. The van der Waals surface area contributed by atoms with Crippen molar-refractivity contribution in [1.82, 2.24) is 4.98 Å². The van der Waals surface area contributed by atoms with Crippen LogP contribution in [0.15, 0.2) is 42.5 Å². The van der Waals surface area contributed by atoms with Gasteiger partial charge >= 0.3 is 5.97 Å². The predicted octanol–water partition coefficient (Wildman–Crippen LogP) is 3.83. The van der Waals surface area contributed by atoms with Gasteiger partial charge in [0.05, 0.1) is 29.3 Å². The van der Waals surface area contributed by atoms with Crippen LogP contribution >= 0.6 is 11.3 Å². The molecule has 1 heterocycles. The fourth-order valence-electron chi connectivity index (χ4n) is 2.46. The van der Waals surface area contributed by atoms with Crippen LogP contribution in [0.5, 0.6) is 0 Å². The number of hydrogen-bond donors (Lipinski definition) is 1. The van der Waals surface area contributed by atoms with Gasteiger partial charge in [-0.05, 0) is 35.7 Å². The number of benzene rings is 2. The molecule has 0 aliphatic heterocycles. The summed E-state index contributed by atoms with van der Waals surface area (Å²) in [7, 11) is 1.35. The molecule has 0 bridgehead atoms. The highest BCUT2D eigenvalue weighted by Gasteiger charge is 2.11. The number of aryl methyl sites for hydroxylation is 1. The monoisotopic (exact) mass is 354 g/mol. The van der Waals surface area contributed by atoms with Crippen molar-refractivity contribution in [2.24, 2.45) is 0 Å². The highest BCUT2D eigenvalue weighted by atomic mass is 32.1. The first-order valence-electron chi connectivity index (χ1n) is 7.95. The molecule has 25 heavy (non-hydrogen) atoms. The number of anilines is 1. The van der Waals surface area contributed by atoms with Crippen LogP contribution < -0.4 is 5.32 Å². The standard InChI is InChI=1S/C19H18N2O3S/c1-3-12-4-6-13(7-5-12)10-17(22)21-19-20-15-9-8-14(18(23)24-2)11-16(15)25-19/h4-9,11H,3,10H2,1-2H3,(H,20,21,22). The second kappa shape index (κ2) is 7.44. The van der Waals surface area contributed by atoms with Gasteiger partial charge in [-0.25, -0.2) is 9.78 Å². The molecule has 1 amide bonds. The third kappa shape index (κ3) is 4.03. The Bertz CT molecular complexity index is 916. The van der Waals surface area contributed by atoms with Crippen LogP contribution in [-0.4, -0.2) is 24.0 Å². The number of carbonyl (C=O) groups is 2. The normalized spacial score (nSPS) is 10.6. The molecule has 1 aromatic heterocycles. The number of ether oxygens (including phenoxy) is 1. The van der Waals surface area contributed by atoms with E-state index in [0.717, 1.165) is 22.2 Å². The Morgan fingerprint density at radius 2 is 1.84 bits per heavy atom. The molecule has 0 aliphatic rings. The molecule has 2 aromatic carbocycles. The number of esters is 1. The maximum atomic E-state index is 12.2. The summed E-state index contributed by atoms with van der Waals surface area (Å²) in [5, 5.41) is 3.34. The summed E-state index contributed by atoms with van der Waals surface area (Å²) in [5.41, 5.74) is 3.41. The lowest BCUT2D eigenvalue weighted by molar-refractivity contribution is -0.115. The number of rotatable bonds is 5. The summed E-state index contributed by atoms with van der Waals surface area (Å²) in [4.78, 5) is 28.2. The van der Waals surface area contributed by atoms with E-state index in [1.807, 2.05) is 24.3 Å². The van der Waals surface area contributed by atoms with Crippen molar-refractivity contribution in [3.8, 4) is 0 Å². The fraction of sp³-hybridized carbons (Fsp3) is 0.211. The number of thiazole rings is 1. The van der Waals surface area contributed by atoms with E-state index < -0.39 is 5.97 Å². The molecule has 0 aliphatic carbocycles. The molecule has 0 radical (unpaired) electrons. The molecular formula is C19H18N2O3S. The molecule has 0 unspecified atom stereocenters. The largest absolute Gasteiger partial charge is 0.465 e. The van der Waals surface area contributed by atoms with E-state index in [-0.39, 0.29) is 5.91 Å². The summed E-state index contributed by atoms with van der Waals surface area (Å²) >= 11 is 1.33. The third-order valence-corrected chi connectivity index (χ3v) is 4.79. The van der Waals surface area contributed by atoms with Crippen molar-refractivity contribution in [2.75, 3.05) is 12.4 Å². The summed E-state index contributed by atoms with van der Waals surface area (Å²) in [5.74, 6) is -0.507. The van der Waals surface area contributed by atoms with Gasteiger partial charge in [-0.3, -0.25) is 4.79 Å². The van der Waals surface area contributed by atoms with Crippen molar-refractivity contribution in [3.63, 3.8) is 0 Å². The zero-order valence-corrected chi connectivity index (χ0v) is 14.9. The number of fused-ring (bicyclic) bond motifs is 1. The van der Waals surface area contributed by atoms with Crippen LogP contribution in [0.1, 0.15) is 28.4 Å². The maximum Gasteiger partial charge on any atom is 0.337 e. The number of methoxy groups -OCH3 is 1. The second-order valence-corrected chi connectivity index (χ2v) is 6.62. The van der Waals surface area contributed by atoms with E-state index in [2.05, 4.69) is 17.2 Å². The molecule has 5 nitrogen and oxygen atoms in total. The van der Waals surface area contributed by atoms with Gasteiger partial charge in [0.2, 0.25) is 5.91 Å². The van der Waals surface area contributed by atoms with Gasteiger partial charge in [0.25, 0.3) is 0 Å². The Kier molecular flexibility index (Phi) is 5.09. The molecular weight excluding hydrogens is 336 g/mol. The molecule has 3 rings (SSSR count). The van der Waals surface area contributed by atoms with Crippen molar-refractivity contribution < 1.29 is 14.3 Å². The van der Waals surface area contributed by atoms with Crippen molar-refractivity contribution in [2.45, 2.75) is 19.8 Å². The highest BCUT2D eigenvalue weighted by Crippen LogP contribution is 2.27. The quantitative estimate of drug-likeness (QED) is 0.707. The first-order valence-corrected chi connectivity index (χ1v) is 8.77. The van der Waals surface area contributed by atoms with E-state index in [4.69, 9.17) is 4.74 Å². The number of amides is 1. The van der Waals surface area contributed by atoms with Crippen LogP contribution in [0, 0.1) is 0 Å². The number of aromatic nitrogens is 1. The number of hydrogen-bond acceptors (Lipinski definition) is 5. The van der Waals surface area contributed by atoms with Crippen LogP contribution in [0.4, 0.5) is 5.13 Å². The molecule has 128 valence electrons. The molecule has 3 aromatic rings. The average molecular weight is 354 g/mol. The van der Waals surface area contributed by atoms with Crippen molar-refractivity contribution in [3.05, 3.63) is 59.2 Å². The fourth-order valence-corrected chi connectivity index (χ4v) is 3.39. The van der Waals surface area contributed by atoms with Gasteiger partial charge < -0.3 is 10.1 Å². The number of carbonyl (C=O) groups excluding carboxylic acids is 2. The predicted molar refractivity (Wildman–Crippen MR) is 99.1 cm³/mol. The highest BCUT2D eigenvalue weighted by molar-refractivity contribution is 7.22. The number of nitrogens with zero attached hydrogens (tertiary/aromatic N) is 1. The molecule has 1 N–H and O–H groups in total. The van der Waals surface area contributed by atoms with Gasteiger partial charge in [0.15, 0.2) is 5.13 Å². The van der Waals surface area contributed by atoms with Gasteiger partial charge in [-0.2, -0.15) is 0 Å². The van der Waals surface area contributed by atoms with E-state index in [1.54, 1.807) is 18.2 Å². The lowest BCUT2D eigenvalue weighted by Crippen LogP contribution is -2.14. The first kappa shape index (κ1) is 17.1. The second-order valence-electron chi connectivity index (χ2n) is 5.59. The van der Waals surface area contributed by atoms with Gasteiger partial charge in [-0.1, -0.05) is 42.5 Å². The molecule has 0 spiro atoms. The molecule has 0 atom stereocenters. The van der Waals surface area contributed by atoms with E-state index >= 15 is 0 Å². The minimum absolute atomic E-state index is 0.114. The Balaban J connectivity index is 1.71. The van der Waals surface area contributed by atoms with Crippen LogP contribution in [0.25, 0.3) is 10.2 Å².